The first-order chi connectivity index (χ1) is 14.3. The van der Waals surface area contributed by atoms with Crippen LogP contribution in [0.5, 0.6) is 0 Å². The average Bonchev–Trinajstić information content (AvgIpc) is 3.51. The van der Waals surface area contributed by atoms with E-state index in [9.17, 15) is 18.0 Å². The van der Waals surface area contributed by atoms with Gasteiger partial charge >= 0.3 is 6.18 Å². The van der Waals surface area contributed by atoms with Gasteiger partial charge in [-0.25, -0.2) is 0 Å². The number of nitrogens with one attached hydrogen (secondary N) is 2. The van der Waals surface area contributed by atoms with Crippen molar-refractivity contribution in [2.24, 2.45) is 5.73 Å². The quantitative estimate of drug-likeness (QED) is 0.417. The minimum atomic E-state index is -4.40. The summed E-state index contributed by atoms with van der Waals surface area (Å²) in [6.07, 6.45) is -0.961. The molecule has 3 rings (SSSR count). The van der Waals surface area contributed by atoms with E-state index >= 15 is 0 Å². The molecule has 4 N–H and O–H groups in total. The van der Waals surface area contributed by atoms with Gasteiger partial charge < -0.3 is 16.4 Å². The Morgan fingerprint density at radius 2 is 1.78 bits per heavy atom. The minimum Gasteiger partial charge on any atom is -0.351 e. The predicted molar refractivity (Wildman–Crippen MR) is 125 cm³/mol. The number of alkyl halides is 3. The summed E-state index contributed by atoms with van der Waals surface area (Å²) in [5.41, 5.74) is 6.96. The van der Waals surface area contributed by atoms with E-state index < -0.39 is 17.8 Å². The third-order valence-corrected chi connectivity index (χ3v) is 5.42. The fourth-order valence-electron chi connectivity index (χ4n) is 3.57. The van der Waals surface area contributed by atoms with E-state index in [0.29, 0.717) is 23.9 Å². The number of amides is 1. The van der Waals surface area contributed by atoms with E-state index in [4.69, 9.17) is 5.73 Å². The molecule has 1 aliphatic carbocycles. The van der Waals surface area contributed by atoms with Crippen molar-refractivity contribution in [3.05, 3.63) is 71.3 Å². The molecule has 32 heavy (non-hydrogen) atoms. The summed E-state index contributed by atoms with van der Waals surface area (Å²) < 4.78 is 38.2. The first kappa shape index (κ1) is 28.2. The fourth-order valence-corrected chi connectivity index (χ4v) is 3.57. The van der Waals surface area contributed by atoms with Gasteiger partial charge in [-0.15, -0.1) is 24.8 Å². The Labute approximate surface area is 199 Å². The molecule has 1 fully saturated rings. The van der Waals surface area contributed by atoms with Crippen LogP contribution >= 0.6 is 24.8 Å². The third-order valence-electron chi connectivity index (χ3n) is 5.42. The molecule has 9 heteroatoms. The summed E-state index contributed by atoms with van der Waals surface area (Å²) in [5, 5.41) is 6.16. The zero-order chi connectivity index (χ0) is 21.6. The Bertz CT molecular complexity index is 837. The summed E-state index contributed by atoms with van der Waals surface area (Å²) in [6, 6.07) is 15.2. The first-order valence-electron chi connectivity index (χ1n) is 10.3. The lowest BCUT2D eigenvalue weighted by atomic mass is 10.1. The molecule has 1 unspecified atom stereocenters. The maximum atomic E-state index is 12.7. The lowest BCUT2D eigenvalue weighted by Gasteiger charge is -2.13. The van der Waals surface area contributed by atoms with E-state index in [1.807, 2.05) is 6.07 Å². The summed E-state index contributed by atoms with van der Waals surface area (Å²) in [6.45, 7) is 0.910. The van der Waals surface area contributed by atoms with Gasteiger partial charge in [-0.05, 0) is 49.1 Å². The molecule has 1 saturated carbocycles. The number of hydrogen-bond acceptors (Lipinski definition) is 3. The van der Waals surface area contributed by atoms with Crippen molar-refractivity contribution in [1.82, 2.24) is 10.6 Å². The molecule has 0 radical (unpaired) electrons. The number of nitrogens with two attached hydrogens (primary N) is 1. The molecular formula is C23H30Cl2F3N3O. The number of benzene rings is 2. The SMILES string of the molecule is Cl.Cl.NC(CCCCN[C@@H]1C[C@H]1c1ccccc1)C(=O)NCc1cccc(C(F)(F)F)c1. The van der Waals surface area contributed by atoms with Crippen LogP contribution in [0.25, 0.3) is 0 Å². The lowest BCUT2D eigenvalue weighted by molar-refractivity contribution is -0.137. The smallest absolute Gasteiger partial charge is 0.351 e. The Morgan fingerprint density at radius 1 is 1.06 bits per heavy atom. The van der Waals surface area contributed by atoms with Crippen LogP contribution in [0.4, 0.5) is 13.2 Å². The highest BCUT2D eigenvalue weighted by Crippen LogP contribution is 2.40. The Hall–Kier alpha value is -1.80. The van der Waals surface area contributed by atoms with Crippen molar-refractivity contribution >= 4 is 30.7 Å². The monoisotopic (exact) mass is 491 g/mol. The molecule has 0 saturated heterocycles. The summed E-state index contributed by atoms with van der Waals surface area (Å²) in [4.78, 5) is 12.1. The van der Waals surface area contributed by atoms with Crippen molar-refractivity contribution in [3.63, 3.8) is 0 Å². The fraction of sp³-hybridized carbons (Fsp3) is 0.435. The highest BCUT2D eigenvalue weighted by Gasteiger charge is 2.37. The van der Waals surface area contributed by atoms with Crippen molar-refractivity contribution in [1.29, 1.82) is 0 Å². The molecule has 0 aromatic heterocycles. The van der Waals surface area contributed by atoms with Crippen molar-refractivity contribution in [2.75, 3.05) is 6.54 Å². The number of carbonyl (C=O) groups excluding carboxylic acids is 1. The molecule has 1 amide bonds. The molecule has 0 aliphatic heterocycles. The highest BCUT2D eigenvalue weighted by atomic mass is 35.5. The molecule has 3 atom stereocenters. The second-order valence-corrected chi connectivity index (χ2v) is 7.83. The van der Waals surface area contributed by atoms with Gasteiger partial charge in [0.25, 0.3) is 0 Å². The number of carbonyl (C=O) groups is 1. The lowest BCUT2D eigenvalue weighted by Crippen LogP contribution is -2.40. The second kappa shape index (κ2) is 13.0. The number of hydrogen-bond donors (Lipinski definition) is 3. The predicted octanol–water partition coefficient (Wildman–Crippen LogP) is 4.81. The number of halogens is 5. The molecule has 178 valence electrons. The number of unbranched alkanes of at least 4 members (excludes halogenated alkanes) is 1. The minimum absolute atomic E-state index is 0. The Kier molecular flexibility index (Phi) is 11.5. The summed E-state index contributed by atoms with van der Waals surface area (Å²) >= 11 is 0. The van der Waals surface area contributed by atoms with Crippen LogP contribution in [0.15, 0.2) is 54.6 Å². The van der Waals surface area contributed by atoms with Crippen molar-refractivity contribution in [2.45, 2.75) is 56.4 Å². The highest BCUT2D eigenvalue weighted by molar-refractivity contribution is 5.85. The van der Waals surface area contributed by atoms with E-state index in [1.54, 1.807) is 6.07 Å². The molecule has 4 nitrogen and oxygen atoms in total. The molecule has 2 aromatic carbocycles. The second-order valence-electron chi connectivity index (χ2n) is 7.83. The first-order valence-corrected chi connectivity index (χ1v) is 10.3. The van der Waals surface area contributed by atoms with Crippen LogP contribution < -0.4 is 16.4 Å². The zero-order valence-electron chi connectivity index (χ0n) is 17.6. The number of rotatable bonds is 10. The topological polar surface area (TPSA) is 67.1 Å². The van der Waals surface area contributed by atoms with E-state index in [1.165, 1.54) is 11.6 Å². The normalized spacial score (nSPS) is 18.1. The van der Waals surface area contributed by atoms with Gasteiger partial charge in [0, 0.05) is 18.5 Å². The van der Waals surface area contributed by atoms with Gasteiger partial charge in [0.2, 0.25) is 5.91 Å². The van der Waals surface area contributed by atoms with Gasteiger partial charge in [-0.1, -0.05) is 48.9 Å². The van der Waals surface area contributed by atoms with Crippen LogP contribution in [0.2, 0.25) is 0 Å². The zero-order valence-corrected chi connectivity index (χ0v) is 19.2. The van der Waals surface area contributed by atoms with E-state index in [2.05, 4.69) is 34.9 Å². The van der Waals surface area contributed by atoms with E-state index in [0.717, 1.165) is 37.9 Å². The van der Waals surface area contributed by atoms with Crippen LogP contribution in [0, 0.1) is 0 Å². The van der Waals surface area contributed by atoms with Gasteiger partial charge in [-0.2, -0.15) is 13.2 Å². The van der Waals surface area contributed by atoms with Crippen LogP contribution in [0.3, 0.4) is 0 Å². The molecular weight excluding hydrogens is 462 g/mol. The molecule has 0 bridgehead atoms. The molecule has 1 aliphatic rings. The van der Waals surface area contributed by atoms with Gasteiger partial charge in [-0.3, -0.25) is 4.79 Å². The maximum Gasteiger partial charge on any atom is 0.416 e. The molecule has 0 spiro atoms. The van der Waals surface area contributed by atoms with Gasteiger partial charge in [0.15, 0.2) is 0 Å². The van der Waals surface area contributed by atoms with Crippen LogP contribution in [0.1, 0.15) is 48.3 Å². The largest absolute Gasteiger partial charge is 0.416 e. The third kappa shape index (κ3) is 8.62. The Morgan fingerprint density at radius 3 is 2.47 bits per heavy atom. The van der Waals surface area contributed by atoms with E-state index in [-0.39, 0.29) is 37.3 Å². The van der Waals surface area contributed by atoms with Gasteiger partial charge in [0.05, 0.1) is 11.6 Å². The molecule has 2 aromatic rings. The molecule has 0 heterocycles. The average molecular weight is 492 g/mol. The Balaban J connectivity index is 0.00000256. The van der Waals surface area contributed by atoms with Crippen LogP contribution in [-0.2, 0) is 17.5 Å². The van der Waals surface area contributed by atoms with Crippen molar-refractivity contribution < 1.29 is 18.0 Å². The standard InChI is InChI=1S/C23H28F3N3O.2ClH/c24-23(25,26)18-10-6-7-16(13-18)15-29-22(30)20(27)11-4-5-12-28-21-14-19(21)17-8-2-1-3-9-17;;/h1-3,6-10,13,19-21,28H,4-5,11-12,14-15,27H2,(H,29,30);2*1H/t19-,20?,21+;;/m0../s1. The summed E-state index contributed by atoms with van der Waals surface area (Å²) in [5.74, 6) is 0.252. The van der Waals surface area contributed by atoms with Gasteiger partial charge in [0.1, 0.15) is 0 Å². The van der Waals surface area contributed by atoms with Crippen molar-refractivity contribution in [3.8, 4) is 0 Å². The summed E-state index contributed by atoms with van der Waals surface area (Å²) in [7, 11) is 0. The van der Waals surface area contributed by atoms with Crippen LogP contribution in [-0.4, -0.2) is 24.5 Å². The maximum absolute atomic E-state index is 12.7.